The van der Waals surface area contributed by atoms with Crippen LogP contribution in [0, 0.1) is 17.0 Å². The van der Waals surface area contributed by atoms with Gasteiger partial charge < -0.3 is 5.11 Å². The fourth-order valence-electron chi connectivity index (χ4n) is 3.53. The van der Waals surface area contributed by atoms with Crippen molar-refractivity contribution in [1.29, 1.82) is 0 Å². The Hall–Kier alpha value is -1.82. The highest BCUT2D eigenvalue weighted by Crippen LogP contribution is 2.47. The molecule has 3 rings (SSSR count). The van der Waals surface area contributed by atoms with Gasteiger partial charge in [0.2, 0.25) is 11.8 Å². The van der Waals surface area contributed by atoms with Gasteiger partial charge in [-0.05, 0) is 18.9 Å². The zero-order chi connectivity index (χ0) is 15.9. The molecule has 1 saturated carbocycles. The van der Waals surface area contributed by atoms with Gasteiger partial charge in [-0.1, -0.05) is 18.9 Å². The third-order valence-corrected chi connectivity index (χ3v) is 4.73. The molecule has 1 spiro atoms. The van der Waals surface area contributed by atoms with Crippen molar-refractivity contribution in [2.24, 2.45) is 5.41 Å². The summed E-state index contributed by atoms with van der Waals surface area (Å²) < 4.78 is 26.6. The van der Waals surface area contributed by atoms with Gasteiger partial charge in [0, 0.05) is 18.1 Å². The van der Waals surface area contributed by atoms with Crippen molar-refractivity contribution >= 4 is 11.8 Å². The summed E-state index contributed by atoms with van der Waals surface area (Å²) in [6.07, 6.45) is 2.03. The summed E-state index contributed by atoms with van der Waals surface area (Å²) in [5, 5.41) is 10.1. The Labute approximate surface area is 126 Å². The predicted molar refractivity (Wildman–Crippen MR) is 73.6 cm³/mol. The maximum atomic E-state index is 13.7. The van der Waals surface area contributed by atoms with Crippen LogP contribution in [-0.2, 0) is 9.59 Å². The number of hydrogen-bond acceptors (Lipinski definition) is 3. The molecule has 118 valence electrons. The normalized spacial score (nSPS) is 21.9. The fraction of sp³-hybridized carbons (Fsp3) is 0.500. The Kier molecular flexibility index (Phi) is 3.72. The minimum atomic E-state index is -1.36. The Balaban J connectivity index is 1.77. The van der Waals surface area contributed by atoms with Crippen LogP contribution in [0.25, 0.3) is 0 Å². The summed E-state index contributed by atoms with van der Waals surface area (Å²) >= 11 is 0. The fourth-order valence-corrected chi connectivity index (χ4v) is 3.53. The summed E-state index contributed by atoms with van der Waals surface area (Å²) in [5.74, 6) is -2.22. The van der Waals surface area contributed by atoms with Crippen molar-refractivity contribution in [3.05, 3.63) is 35.4 Å². The number of aliphatic hydroxyl groups excluding tert-OH is 1. The van der Waals surface area contributed by atoms with Gasteiger partial charge in [-0.15, -0.1) is 0 Å². The van der Waals surface area contributed by atoms with Crippen LogP contribution in [0.1, 0.15) is 43.8 Å². The number of likely N-dealkylation sites (tertiary alicyclic amines) is 1. The van der Waals surface area contributed by atoms with Gasteiger partial charge in [-0.25, -0.2) is 8.78 Å². The van der Waals surface area contributed by atoms with Crippen molar-refractivity contribution in [3.63, 3.8) is 0 Å². The van der Waals surface area contributed by atoms with Crippen molar-refractivity contribution in [1.82, 2.24) is 4.90 Å². The van der Waals surface area contributed by atoms with Crippen molar-refractivity contribution < 1.29 is 23.5 Å². The lowest BCUT2D eigenvalue weighted by Crippen LogP contribution is -2.37. The first kappa shape index (κ1) is 15.1. The summed E-state index contributed by atoms with van der Waals surface area (Å²) in [6, 6.07) is 2.84. The van der Waals surface area contributed by atoms with Crippen molar-refractivity contribution in [2.75, 3.05) is 6.54 Å². The molecule has 2 fully saturated rings. The quantitative estimate of drug-likeness (QED) is 0.872. The number of carbonyl (C=O) groups is 2. The van der Waals surface area contributed by atoms with Gasteiger partial charge in [-0.2, -0.15) is 0 Å². The standard InChI is InChI=1S/C16H17F2NO3/c17-10-3-4-11(12(18)7-10)13(20)9-19-14(21)8-16(15(19)22)5-1-2-6-16/h3-4,7,13,20H,1-2,5-6,8-9H2. The van der Waals surface area contributed by atoms with Crippen LogP contribution in [0.3, 0.4) is 0 Å². The maximum Gasteiger partial charge on any atom is 0.236 e. The molecular weight excluding hydrogens is 292 g/mol. The minimum absolute atomic E-state index is 0.116. The van der Waals surface area contributed by atoms with Crippen LogP contribution < -0.4 is 0 Å². The molecular formula is C16H17F2NO3. The third-order valence-electron chi connectivity index (χ3n) is 4.73. The Morgan fingerprint density at radius 2 is 1.91 bits per heavy atom. The summed E-state index contributed by atoms with van der Waals surface area (Å²) in [6.45, 7) is -0.290. The second-order valence-electron chi connectivity index (χ2n) is 6.16. The number of benzene rings is 1. The van der Waals surface area contributed by atoms with E-state index >= 15 is 0 Å². The van der Waals surface area contributed by atoms with E-state index in [-0.39, 0.29) is 30.3 Å². The van der Waals surface area contributed by atoms with Crippen molar-refractivity contribution in [3.8, 4) is 0 Å². The lowest BCUT2D eigenvalue weighted by molar-refractivity contribution is -0.143. The molecule has 1 atom stereocenters. The van der Waals surface area contributed by atoms with Gasteiger partial charge in [0.05, 0.1) is 18.1 Å². The molecule has 2 aliphatic rings. The molecule has 4 nitrogen and oxygen atoms in total. The van der Waals surface area contributed by atoms with E-state index in [1.807, 2.05) is 0 Å². The van der Waals surface area contributed by atoms with Gasteiger partial charge in [0.15, 0.2) is 0 Å². The largest absolute Gasteiger partial charge is 0.386 e. The molecule has 0 radical (unpaired) electrons. The summed E-state index contributed by atoms with van der Waals surface area (Å²) in [7, 11) is 0. The minimum Gasteiger partial charge on any atom is -0.386 e. The lowest BCUT2D eigenvalue weighted by Gasteiger charge is -2.23. The summed E-state index contributed by atoms with van der Waals surface area (Å²) in [4.78, 5) is 25.6. The van der Waals surface area contributed by atoms with Crippen LogP contribution in [0.5, 0.6) is 0 Å². The van der Waals surface area contributed by atoms with Crippen LogP contribution in [0.15, 0.2) is 18.2 Å². The molecule has 2 amide bonds. The maximum absolute atomic E-state index is 13.7. The molecule has 6 heteroatoms. The smallest absolute Gasteiger partial charge is 0.236 e. The molecule has 0 aromatic heterocycles. The van der Waals surface area contributed by atoms with E-state index in [9.17, 15) is 23.5 Å². The second-order valence-corrected chi connectivity index (χ2v) is 6.16. The first-order chi connectivity index (χ1) is 10.4. The highest BCUT2D eigenvalue weighted by atomic mass is 19.1. The van der Waals surface area contributed by atoms with Gasteiger partial charge in [0.1, 0.15) is 11.6 Å². The number of halogens is 2. The highest BCUT2D eigenvalue weighted by molar-refractivity contribution is 6.06. The van der Waals surface area contributed by atoms with Crippen LogP contribution in [0.4, 0.5) is 8.78 Å². The molecule has 1 N–H and O–H groups in total. The molecule has 1 saturated heterocycles. The number of carbonyl (C=O) groups excluding carboxylic acids is 2. The number of imide groups is 1. The molecule has 1 aliphatic carbocycles. The van der Waals surface area contributed by atoms with E-state index in [1.165, 1.54) is 0 Å². The number of β-amino-alcohol motifs (C(OH)–C–C–N with tert-alkyl or cyclic N) is 1. The number of hydrogen-bond donors (Lipinski definition) is 1. The monoisotopic (exact) mass is 309 g/mol. The van der Waals surface area contributed by atoms with E-state index < -0.39 is 23.2 Å². The van der Waals surface area contributed by atoms with E-state index in [0.717, 1.165) is 29.9 Å². The van der Waals surface area contributed by atoms with E-state index in [0.29, 0.717) is 18.9 Å². The van der Waals surface area contributed by atoms with E-state index in [2.05, 4.69) is 0 Å². The molecule has 1 heterocycles. The SMILES string of the molecule is O=C1CC2(CCCC2)C(=O)N1CC(O)c1ccc(F)cc1F. The predicted octanol–water partition coefficient (Wildman–Crippen LogP) is 2.32. The molecule has 22 heavy (non-hydrogen) atoms. The Morgan fingerprint density at radius 3 is 2.55 bits per heavy atom. The van der Waals surface area contributed by atoms with Gasteiger partial charge >= 0.3 is 0 Å². The van der Waals surface area contributed by atoms with E-state index in [1.54, 1.807) is 0 Å². The molecule has 1 aromatic rings. The molecule has 1 unspecified atom stereocenters. The Morgan fingerprint density at radius 1 is 1.23 bits per heavy atom. The van der Waals surface area contributed by atoms with Crippen molar-refractivity contribution in [2.45, 2.75) is 38.2 Å². The molecule has 0 bridgehead atoms. The van der Waals surface area contributed by atoms with Gasteiger partial charge in [-0.3, -0.25) is 14.5 Å². The van der Waals surface area contributed by atoms with Gasteiger partial charge in [0.25, 0.3) is 0 Å². The summed E-state index contributed by atoms with van der Waals surface area (Å²) in [5.41, 5.74) is -0.729. The third kappa shape index (κ3) is 2.41. The lowest BCUT2D eigenvalue weighted by atomic mass is 9.84. The highest BCUT2D eigenvalue weighted by Gasteiger charge is 2.52. The Bertz CT molecular complexity index is 626. The zero-order valence-electron chi connectivity index (χ0n) is 12.0. The molecule has 1 aromatic carbocycles. The average molecular weight is 309 g/mol. The zero-order valence-corrected chi connectivity index (χ0v) is 12.0. The average Bonchev–Trinajstić information content (AvgIpc) is 3.00. The topological polar surface area (TPSA) is 57.6 Å². The van der Waals surface area contributed by atoms with Crippen LogP contribution >= 0.6 is 0 Å². The first-order valence-corrected chi connectivity index (χ1v) is 7.41. The molecule has 1 aliphatic heterocycles. The van der Waals surface area contributed by atoms with E-state index in [4.69, 9.17) is 0 Å². The number of rotatable bonds is 3. The number of nitrogens with zero attached hydrogens (tertiary/aromatic N) is 1. The van der Waals surface area contributed by atoms with Crippen LogP contribution in [0.2, 0.25) is 0 Å². The van der Waals surface area contributed by atoms with Crippen LogP contribution in [-0.4, -0.2) is 28.4 Å². The first-order valence-electron chi connectivity index (χ1n) is 7.41. The number of amides is 2. The second kappa shape index (κ2) is 5.43. The number of aliphatic hydroxyl groups is 1.